The number of phenolic OH excluding ortho intramolecular Hbond substituents is 2. The van der Waals surface area contributed by atoms with Crippen LogP contribution in [-0.2, 0) is 15.1 Å². The fourth-order valence-corrected chi connectivity index (χ4v) is 1.78. The maximum absolute atomic E-state index is 11.4. The summed E-state index contributed by atoms with van der Waals surface area (Å²) in [7, 11) is 0. The quantitative estimate of drug-likeness (QED) is 0.676. The number of rotatable bonds is 5. The topological polar surface area (TPSA) is 98.1 Å². The van der Waals surface area contributed by atoms with E-state index in [4.69, 9.17) is 0 Å². The molecule has 0 radical (unpaired) electrons. The lowest BCUT2D eigenvalue weighted by molar-refractivity contribution is -0.154. The van der Waals surface area contributed by atoms with E-state index in [0.717, 1.165) is 11.0 Å². The van der Waals surface area contributed by atoms with Crippen molar-refractivity contribution in [1.29, 1.82) is 0 Å². The normalized spacial score (nSPS) is 13.7. The van der Waals surface area contributed by atoms with Gasteiger partial charge in [0.2, 0.25) is 6.41 Å². The molecule has 0 heterocycles. The second-order valence-corrected chi connectivity index (χ2v) is 4.01. The van der Waals surface area contributed by atoms with Crippen molar-refractivity contribution in [2.24, 2.45) is 0 Å². The van der Waals surface area contributed by atoms with Crippen molar-refractivity contribution >= 4 is 12.4 Å². The number of benzene rings is 1. The molecule has 0 aliphatic heterocycles. The molecule has 0 saturated carbocycles. The fraction of sp³-hybridized carbons (Fsp3) is 0.333. The molecule has 18 heavy (non-hydrogen) atoms. The van der Waals surface area contributed by atoms with E-state index < -0.39 is 11.5 Å². The number of amides is 1. The van der Waals surface area contributed by atoms with Gasteiger partial charge < -0.3 is 20.2 Å². The van der Waals surface area contributed by atoms with Gasteiger partial charge >= 0.3 is 5.97 Å². The highest BCUT2D eigenvalue weighted by atomic mass is 16.4. The second-order valence-electron chi connectivity index (χ2n) is 4.01. The van der Waals surface area contributed by atoms with Crippen LogP contribution < -0.4 is 0 Å². The molecule has 1 unspecified atom stereocenters. The van der Waals surface area contributed by atoms with Crippen molar-refractivity contribution in [2.75, 3.05) is 6.54 Å². The van der Waals surface area contributed by atoms with Gasteiger partial charge in [0.1, 0.15) is 11.5 Å². The number of carboxylic acids is 1. The second kappa shape index (κ2) is 4.95. The number of carboxylic acid groups (broad SMARTS) is 1. The summed E-state index contributed by atoms with van der Waals surface area (Å²) in [5.74, 6) is -1.78. The van der Waals surface area contributed by atoms with Gasteiger partial charge in [0.05, 0.1) is 0 Å². The summed E-state index contributed by atoms with van der Waals surface area (Å²) in [6.07, 6.45) is 0.426. The first-order chi connectivity index (χ1) is 8.36. The number of hydrogen-bond acceptors (Lipinski definition) is 4. The van der Waals surface area contributed by atoms with E-state index in [2.05, 4.69) is 0 Å². The van der Waals surface area contributed by atoms with Crippen LogP contribution >= 0.6 is 0 Å². The number of aliphatic carboxylic acids is 1. The molecule has 1 aromatic rings. The van der Waals surface area contributed by atoms with Gasteiger partial charge in [0.15, 0.2) is 5.54 Å². The predicted octanol–water partition coefficient (Wildman–Crippen LogP) is 0.876. The third-order valence-corrected chi connectivity index (χ3v) is 2.92. The highest BCUT2D eigenvalue weighted by Gasteiger charge is 2.41. The van der Waals surface area contributed by atoms with Crippen LogP contribution in [-0.4, -0.2) is 39.1 Å². The molecular formula is C12H15NO5. The molecule has 0 bridgehead atoms. The van der Waals surface area contributed by atoms with Crippen LogP contribution in [0.15, 0.2) is 18.2 Å². The van der Waals surface area contributed by atoms with E-state index in [-0.39, 0.29) is 23.6 Å². The number of carbonyl (C=O) groups excluding carboxylic acids is 1. The van der Waals surface area contributed by atoms with Crippen molar-refractivity contribution in [1.82, 2.24) is 4.90 Å². The van der Waals surface area contributed by atoms with Crippen LogP contribution in [0.3, 0.4) is 0 Å². The molecule has 1 atom stereocenters. The molecule has 1 amide bonds. The van der Waals surface area contributed by atoms with E-state index >= 15 is 0 Å². The zero-order valence-corrected chi connectivity index (χ0v) is 10.1. The number of carbonyl (C=O) groups is 2. The van der Waals surface area contributed by atoms with Gasteiger partial charge in [-0.05, 0) is 31.5 Å². The average Bonchev–Trinajstić information content (AvgIpc) is 2.28. The monoisotopic (exact) mass is 253 g/mol. The van der Waals surface area contributed by atoms with Crippen LogP contribution in [0.5, 0.6) is 11.5 Å². The minimum atomic E-state index is -1.65. The lowest BCUT2D eigenvalue weighted by Crippen LogP contribution is -2.49. The maximum atomic E-state index is 11.4. The lowest BCUT2D eigenvalue weighted by Gasteiger charge is -2.34. The van der Waals surface area contributed by atoms with Crippen molar-refractivity contribution in [2.45, 2.75) is 19.4 Å². The molecule has 0 aromatic heterocycles. The number of nitrogens with zero attached hydrogens (tertiary/aromatic N) is 1. The first kappa shape index (κ1) is 13.8. The van der Waals surface area contributed by atoms with Crippen molar-refractivity contribution in [3.8, 4) is 11.5 Å². The van der Waals surface area contributed by atoms with Crippen LogP contribution in [0, 0.1) is 0 Å². The summed E-state index contributed by atoms with van der Waals surface area (Å²) in [5, 5.41) is 28.1. The molecule has 0 saturated heterocycles. The molecule has 3 N–H and O–H groups in total. The zero-order chi connectivity index (χ0) is 13.9. The molecule has 6 heteroatoms. The van der Waals surface area contributed by atoms with Gasteiger partial charge in [-0.2, -0.15) is 0 Å². The third kappa shape index (κ3) is 2.22. The van der Waals surface area contributed by atoms with E-state index in [1.165, 1.54) is 19.1 Å². The largest absolute Gasteiger partial charge is 0.508 e. The van der Waals surface area contributed by atoms with Gasteiger partial charge in [-0.15, -0.1) is 0 Å². The summed E-state index contributed by atoms with van der Waals surface area (Å²) in [5.41, 5.74) is -1.52. The standard InChI is InChI=1S/C12H15NO5/c1-3-13(7-14)12(2,11(17)18)8-4-9(15)6-10(16)5-8/h4-7,15-16H,3H2,1-2H3,(H,17,18). The summed E-state index contributed by atoms with van der Waals surface area (Å²) in [6, 6.07) is 3.50. The van der Waals surface area contributed by atoms with Gasteiger partial charge in [-0.25, -0.2) is 4.79 Å². The van der Waals surface area contributed by atoms with Crippen LogP contribution in [0.1, 0.15) is 19.4 Å². The van der Waals surface area contributed by atoms with Gasteiger partial charge in [0.25, 0.3) is 0 Å². The Hall–Kier alpha value is -2.24. The zero-order valence-electron chi connectivity index (χ0n) is 10.1. The molecule has 1 aromatic carbocycles. The van der Waals surface area contributed by atoms with Gasteiger partial charge in [-0.3, -0.25) is 4.79 Å². The molecule has 1 rings (SSSR count). The summed E-state index contributed by atoms with van der Waals surface area (Å²) >= 11 is 0. The molecule has 0 fully saturated rings. The Morgan fingerprint density at radius 3 is 2.17 bits per heavy atom. The molecule has 6 nitrogen and oxygen atoms in total. The highest BCUT2D eigenvalue weighted by Crippen LogP contribution is 2.32. The Kier molecular flexibility index (Phi) is 3.80. The first-order valence-corrected chi connectivity index (χ1v) is 5.35. The lowest BCUT2D eigenvalue weighted by atomic mass is 9.90. The van der Waals surface area contributed by atoms with E-state index in [1.54, 1.807) is 6.92 Å². The molecular weight excluding hydrogens is 238 g/mol. The number of likely N-dealkylation sites (N-methyl/N-ethyl adjacent to an activating group) is 1. The Labute approximate surface area is 104 Å². The Morgan fingerprint density at radius 1 is 1.33 bits per heavy atom. The molecule has 0 aliphatic carbocycles. The van der Waals surface area contributed by atoms with Crippen molar-refractivity contribution in [3.63, 3.8) is 0 Å². The Bertz CT molecular complexity index is 453. The van der Waals surface area contributed by atoms with Crippen LogP contribution in [0.4, 0.5) is 0 Å². The summed E-state index contributed by atoms with van der Waals surface area (Å²) < 4.78 is 0. The van der Waals surface area contributed by atoms with Crippen molar-refractivity contribution in [3.05, 3.63) is 23.8 Å². The SMILES string of the molecule is CCN(C=O)C(C)(C(=O)O)c1cc(O)cc(O)c1. The summed E-state index contributed by atoms with van der Waals surface area (Å²) in [6.45, 7) is 3.16. The molecule has 98 valence electrons. The average molecular weight is 253 g/mol. The predicted molar refractivity (Wildman–Crippen MR) is 63.2 cm³/mol. The smallest absolute Gasteiger partial charge is 0.334 e. The molecule has 0 aliphatic rings. The maximum Gasteiger partial charge on any atom is 0.334 e. The number of aromatic hydroxyl groups is 2. The first-order valence-electron chi connectivity index (χ1n) is 5.35. The third-order valence-electron chi connectivity index (χ3n) is 2.92. The number of phenols is 2. The highest BCUT2D eigenvalue weighted by molar-refractivity contribution is 5.83. The Balaban J connectivity index is 3.44. The van der Waals surface area contributed by atoms with Gasteiger partial charge in [0, 0.05) is 12.6 Å². The Morgan fingerprint density at radius 2 is 1.83 bits per heavy atom. The van der Waals surface area contributed by atoms with E-state index in [0.29, 0.717) is 6.41 Å². The van der Waals surface area contributed by atoms with Crippen molar-refractivity contribution < 1.29 is 24.9 Å². The van der Waals surface area contributed by atoms with E-state index in [9.17, 15) is 24.9 Å². The minimum Gasteiger partial charge on any atom is -0.508 e. The van der Waals surface area contributed by atoms with Crippen LogP contribution in [0.2, 0.25) is 0 Å². The van der Waals surface area contributed by atoms with Crippen LogP contribution in [0.25, 0.3) is 0 Å². The van der Waals surface area contributed by atoms with E-state index in [1.807, 2.05) is 0 Å². The number of hydrogen-bond donors (Lipinski definition) is 3. The summed E-state index contributed by atoms with van der Waals surface area (Å²) in [4.78, 5) is 23.5. The minimum absolute atomic E-state index is 0.126. The molecule has 0 spiro atoms. The fourth-order valence-electron chi connectivity index (χ4n) is 1.78. The van der Waals surface area contributed by atoms with Gasteiger partial charge in [-0.1, -0.05) is 0 Å².